The van der Waals surface area contributed by atoms with E-state index in [1.165, 1.54) is 0 Å². The maximum absolute atomic E-state index is 6.08. The Morgan fingerprint density at radius 3 is 2.44 bits per heavy atom. The molecule has 0 saturated heterocycles. The summed E-state index contributed by atoms with van der Waals surface area (Å²) in [5.41, 5.74) is 0.966. The van der Waals surface area contributed by atoms with E-state index >= 15 is 0 Å². The smallest absolute Gasteiger partial charge is 0.140 e. The van der Waals surface area contributed by atoms with E-state index in [1.807, 2.05) is 18.2 Å². The zero-order valence-electron chi connectivity index (χ0n) is 11.1. The Morgan fingerprint density at radius 1 is 1.11 bits per heavy atom. The Labute approximate surface area is 113 Å². The van der Waals surface area contributed by atoms with Gasteiger partial charge < -0.3 is 4.90 Å². The minimum atomic E-state index is 0.726. The summed E-state index contributed by atoms with van der Waals surface area (Å²) in [4.78, 5) is 11.4. The molecule has 1 aromatic heterocycles. The Kier molecular flexibility index (Phi) is 4.02. The Morgan fingerprint density at radius 2 is 1.83 bits per heavy atom. The zero-order valence-corrected chi connectivity index (χ0v) is 11.8. The molecule has 0 saturated carbocycles. The molecule has 1 heterocycles. The van der Waals surface area contributed by atoms with Gasteiger partial charge in [0.25, 0.3) is 0 Å². The molecule has 0 bridgehead atoms. The SMILES string of the molecule is CCc1nc(N(CC)CC)c2cc(Cl)ccc2n1. The highest BCUT2D eigenvalue weighted by atomic mass is 35.5. The molecule has 0 atom stereocenters. The number of halogens is 1. The second-order valence-electron chi connectivity index (χ2n) is 4.15. The van der Waals surface area contributed by atoms with Gasteiger partial charge in [0.15, 0.2) is 0 Å². The number of hydrogen-bond acceptors (Lipinski definition) is 3. The van der Waals surface area contributed by atoms with Gasteiger partial charge in [0.2, 0.25) is 0 Å². The molecule has 0 spiro atoms. The van der Waals surface area contributed by atoms with Crippen LogP contribution in [0.15, 0.2) is 18.2 Å². The third kappa shape index (κ3) is 2.41. The van der Waals surface area contributed by atoms with E-state index in [2.05, 4.69) is 35.6 Å². The van der Waals surface area contributed by atoms with Crippen molar-refractivity contribution < 1.29 is 0 Å². The van der Waals surface area contributed by atoms with Gasteiger partial charge in [-0.1, -0.05) is 18.5 Å². The first-order valence-corrected chi connectivity index (χ1v) is 6.78. The van der Waals surface area contributed by atoms with Gasteiger partial charge in [-0.3, -0.25) is 0 Å². The summed E-state index contributed by atoms with van der Waals surface area (Å²) < 4.78 is 0. The maximum atomic E-state index is 6.08. The van der Waals surface area contributed by atoms with Crippen molar-refractivity contribution in [2.45, 2.75) is 27.2 Å². The topological polar surface area (TPSA) is 29.0 Å². The van der Waals surface area contributed by atoms with E-state index < -0.39 is 0 Å². The van der Waals surface area contributed by atoms with E-state index in [1.54, 1.807) is 0 Å². The van der Waals surface area contributed by atoms with Gasteiger partial charge in [-0.05, 0) is 32.0 Å². The van der Waals surface area contributed by atoms with E-state index in [4.69, 9.17) is 11.6 Å². The Hall–Kier alpha value is -1.35. The molecule has 0 aliphatic rings. The van der Waals surface area contributed by atoms with Crippen LogP contribution in [0.25, 0.3) is 10.9 Å². The minimum absolute atomic E-state index is 0.726. The van der Waals surface area contributed by atoms with Crippen LogP contribution >= 0.6 is 11.6 Å². The van der Waals surface area contributed by atoms with Crippen LogP contribution in [0.1, 0.15) is 26.6 Å². The van der Waals surface area contributed by atoms with Gasteiger partial charge >= 0.3 is 0 Å². The van der Waals surface area contributed by atoms with Crippen molar-refractivity contribution in [3.05, 3.63) is 29.0 Å². The summed E-state index contributed by atoms with van der Waals surface area (Å²) in [6, 6.07) is 5.79. The standard InChI is InChI=1S/C14H18ClN3/c1-4-13-16-12-8-7-10(15)9-11(12)14(17-13)18(5-2)6-3/h7-9H,4-6H2,1-3H3. The number of fused-ring (bicyclic) bond motifs is 1. The number of aryl methyl sites for hydroxylation is 1. The first-order chi connectivity index (χ1) is 8.69. The lowest BCUT2D eigenvalue weighted by Gasteiger charge is -2.22. The largest absolute Gasteiger partial charge is 0.357 e. The zero-order chi connectivity index (χ0) is 13.1. The van der Waals surface area contributed by atoms with Gasteiger partial charge in [-0.15, -0.1) is 0 Å². The molecule has 0 aliphatic heterocycles. The molecule has 0 unspecified atom stereocenters. The number of hydrogen-bond donors (Lipinski definition) is 0. The Bertz CT molecular complexity index is 550. The normalized spacial score (nSPS) is 10.9. The van der Waals surface area contributed by atoms with Crippen LogP contribution in [-0.4, -0.2) is 23.1 Å². The van der Waals surface area contributed by atoms with E-state index in [0.717, 1.165) is 47.1 Å². The number of rotatable bonds is 4. The lowest BCUT2D eigenvalue weighted by atomic mass is 10.2. The molecule has 4 heteroatoms. The van der Waals surface area contributed by atoms with Crippen LogP contribution in [0.4, 0.5) is 5.82 Å². The van der Waals surface area contributed by atoms with Crippen LogP contribution in [0, 0.1) is 0 Å². The number of nitrogens with zero attached hydrogens (tertiary/aromatic N) is 3. The average molecular weight is 264 g/mol. The van der Waals surface area contributed by atoms with Crippen molar-refractivity contribution >= 4 is 28.3 Å². The molecule has 0 fully saturated rings. The quantitative estimate of drug-likeness (QED) is 0.842. The van der Waals surface area contributed by atoms with Crippen LogP contribution in [-0.2, 0) is 6.42 Å². The molecule has 0 radical (unpaired) electrons. The maximum Gasteiger partial charge on any atom is 0.140 e. The fourth-order valence-corrected chi connectivity index (χ4v) is 2.23. The molecule has 0 aliphatic carbocycles. The van der Waals surface area contributed by atoms with Crippen molar-refractivity contribution in [1.29, 1.82) is 0 Å². The van der Waals surface area contributed by atoms with Crippen LogP contribution in [0.3, 0.4) is 0 Å². The third-order valence-corrected chi connectivity index (χ3v) is 3.30. The summed E-state index contributed by atoms with van der Waals surface area (Å²) in [5.74, 6) is 1.87. The Balaban J connectivity index is 2.70. The van der Waals surface area contributed by atoms with Gasteiger partial charge in [0.05, 0.1) is 5.52 Å². The van der Waals surface area contributed by atoms with Crippen molar-refractivity contribution in [3.8, 4) is 0 Å². The van der Waals surface area contributed by atoms with Crippen LogP contribution in [0.5, 0.6) is 0 Å². The second kappa shape index (κ2) is 5.53. The molecule has 1 aromatic carbocycles. The lowest BCUT2D eigenvalue weighted by molar-refractivity contribution is 0.833. The first-order valence-electron chi connectivity index (χ1n) is 6.40. The van der Waals surface area contributed by atoms with Crippen molar-refractivity contribution in [2.24, 2.45) is 0 Å². The molecular weight excluding hydrogens is 246 g/mol. The van der Waals surface area contributed by atoms with Gasteiger partial charge in [-0.25, -0.2) is 9.97 Å². The summed E-state index contributed by atoms with van der Waals surface area (Å²) >= 11 is 6.08. The molecule has 0 amide bonds. The third-order valence-electron chi connectivity index (χ3n) is 3.06. The molecule has 2 aromatic rings. The highest BCUT2D eigenvalue weighted by Gasteiger charge is 2.12. The number of anilines is 1. The fraction of sp³-hybridized carbons (Fsp3) is 0.429. The van der Waals surface area contributed by atoms with Crippen molar-refractivity contribution in [2.75, 3.05) is 18.0 Å². The van der Waals surface area contributed by atoms with Gasteiger partial charge in [0.1, 0.15) is 11.6 Å². The number of benzene rings is 1. The van der Waals surface area contributed by atoms with E-state index in [0.29, 0.717) is 0 Å². The van der Waals surface area contributed by atoms with E-state index in [9.17, 15) is 0 Å². The molecule has 2 rings (SSSR count). The molecule has 96 valence electrons. The minimum Gasteiger partial charge on any atom is -0.357 e. The first kappa shape index (κ1) is 13.1. The van der Waals surface area contributed by atoms with E-state index in [-0.39, 0.29) is 0 Å². The summed E-state index contributed by atoms with van der Waals surface area (Å²) in [5, 5.41) is 1.76. The van der Waals surface area contributed by atoms with Crippen molar-refractivity contribution in [1.82, 2.24) is 9.97 Å². The predicted molar refractivity (Wildman–Crippen MR) is 77.5 cm³/mol. The lowest BCUT2D eigenvalue weighted by Crippen LogP contribution is -2.24. The fourth-order valence-electron chi connectivity index (χ4n) is 2.05. The predicted octanol–water partition coefficient (Wildman–Crippen LogP) is 3.69. The monoisotopic (exact) mass is 263 g/mol. The summed E-state index contributed by atoms with van der Waals surface area (Å²) in [6.45, 7) is 8.20. The second-order valence-corrected chi connectivity index (χ2v) is 4.59. The summed E-state index contributed by atoms with van der Waals surface area (Å²) in [7, 11) is 0. The van der Waals surface area contributed by atoms with Crippen LogP contribution < -0.4 is 4.90 Å². The van der Waals surface area contributed by atoms with Gasteiger partial charge in [0, 0.05) is 29.9 Å². The molecule has 0 N–H and O–H groups in total. The number of aromatic nitrogens is 2. The molecular formula is C14H18ClN3. The van der Waals surface area contributed by atoms with Crippen LogP contribution in [0.2, 0.25) is 5.02 Å². The highest BCUT2D eigenvalue weighted by Crippen LogP contribution is 2.26. The van der Waals surface area contributed by atoms with Gasteiger partial charge in [-0.2, -0.15) is 0 Å². The molecule has 3 nitrogen and oxygen atoms in total. The van der Waals surface area contributed by atoms with Crippen molar-refractivity contribution in [3.63, 3.8) is 0 Å². The average Bonchev–Trinajstić information content (AvgIpc) is 2.40. The summed E-state index contributed by atoms with van der Waals surface area (Å²) in [6.07, 6.45) is 0.840. The highest BCUT2D eigenvalue weighted by molar-refractivity contribution is 6.31. The molecule has 18 heavy (non-hydrogen) atoms.